The van der Waals surface area contributed by atoms with Crippen LogP contribution in [0.3, 0.4) is 0 Å². The summed E-state index contributed by atoms with van der Waals surface area (Å²) in [5.41, 5.74) is -0.224. The van der Waals surface area contributed by atoms with Crippen LogP contribution in [0.1, 0.15) is 13.8 Å². The zero-order valence-electron chi connectivity index (χ0n) is 10.5. The summed E-state index contributed by atoms with van der Waals surface area (Å²) in [6.07, 6.45) is 0. The Hall–Kier alpha value is -1.19. The van der Waals surface area contributed by atoms with E-state index >= 15 is 0 Å². The maximum Gasteiger partial charge on any atom is 0.304 e. The van der Waals surface area contributed by atoms with Gasteiger partial charge >= 0.3 is 5.69 Å². The first kappa shape index (κ1) is 14.9. The van der Waals surface area contributed by atoms with Gasteiger partial charge in [-0.25, -0.2) is 8.42 Å². The maximum atomic E-state index is 12.2. The van der Waals surface area contributed by atoms with E-state index in [0.29, 0.717) is 0 Å². The van der Waals surface area contributed by atoms with Gasteiger partial charge in [0.25, 0.3) is 10.0 Å². The lowest BCUT2D eigenvalue weighted by atomic mass is 10.4. The largest absolute Gasteiger partial charge is 0.374 e. The average molecular weight is 293 g/mol. The van der Waals surface area contributed by atoms with Crippen LogP contribution >= 0.6 is 11.3 Å². The lowest BCUT2D eigenvalue weighted by molar-refractivity contribution is -0.383. The molecule has 1 rings (SSSR count). The minimum Gasteiger partial charge on any atom is -0.374 e. The molecule has 0 aliphatic rings. The van der Waals surface area contributed by atoms with Crippen LogP contribution in [0.15, 0.2) is 10.3 Å². The zero-order chi connectivity index (χ0) is 14.1. The van der Waals surface area contributed by atoms with Gasteiger partial charge in [-0.2, -0.15) is 4.31 Å². The molecule has 102 valence electrons. The number of nitrogens with zero attached hydrogens (tertiary/aromatic N) is 2. The van der Waals surface area contributed by atoms with Gasteiger partial charge in [0.1, 0.15) is 4.21 Å². The highest BCUT2D eigenvalue weighted by Gasteiger charge is 2.29. The topological polar surface area (TPSA) is 92.6 Å². The van der Waals surface area contributed by atoms with Gasteiger partial charge < -0.3 is 5.32 Å². The first-order chi connectivity index (χ1) is 8.21. The van der Waals surface area contributed by atoms with Gasteiger partial charge in [0.15, 0.2) is 5.00 Å². The van der Waals surface area contributed by atoms with Crippen LogP contribution in [0, 0.1) is 10.1 Å². The molecule has 0 amide bonds. The molecule has 1 aromatic heterocycles. The van der Waals surface area contributed by atoms with Crippen molar-refractivity contribution in [1.29, 1.82) is 0 Å². The number of nitro groups is 1. The number of sulfonamides is 1. The molecular weight excluding hydrogens is 278 g/mol. The average Bonchev–Trinajstić information content (AvgIpc) is 2.72. The molecule has 1 heterocycles. The standard InChI is InChI=1S/C9H15N3O4S2/c1-6(2)11(4)18(15,16)8-5-7(12(13)14)9(10-3)17-8/h5-6,10H,1-4H3. The van der Waals surface area contributed by atoms with Crippen molar-refractivity contribution in [3.8, 4) is 0 Å². The third-order valence-corrected chi connectivity index (χ3v) is 6.10. The van der Waals surface area contributed by atoms with Crippen LogP contribution in [-0.4, -0.2) is 37.8 Å². The summed E-state index contributed by atoms with van der Waals surface area (Å²) < 4.78 is 25.5. The van der Waals surface area contributed by atoms with Crippen molar-refractivity contribution < 1.29 is 13.3 Å². The molecule has 0 aliphatic carbocycles. The Morgan fingerprint density at radius 3 is 2.39 bits per heavy atom. The molecule has 18 heavy (non-hydrogen) atoms. The van der Waals surface area contributed by atoms with Crippen molar-refractivity contribution in [3.05, 3.63) is 16.2 Å². The summed E-state index contributed by atoms with van der Waals surface area (Å²) >= 11 is 0.858. The molecule has 0 fully saturated rings. The minimum absolute atomic E-state index is 0.0326. The quantitative estimate of drug-likeness (QED) is 0.659. The minimum atomic E-state index is -3.68. The van der Waals surface area contributed by atoms with Crippen LogP contribution < -0.4 is 5.32 Å². The highest BCUT2D eigenvalue weighted by molar-refractivity contribution is 7.91. The van der Waals surface area contributed by atoms with Gasteiger partial charge in [-0.3, -0.25) is 10.1 Å². The van der Waals surface area contributed by atoms with Crippen LogP contribution in [0.5, 0.6) is 0 Å². The summed E-state index contributed by atoms with van der Waals surface area (Å²) in [5, 5.41) is 13.7. The molecule has 0 saturated carbocycles. The highest BCUT2D eigenvalue weighted by Crippen LogP contribution is 2.37. The number of hydrogen-bond donors (Lipinski definition) is 1. The Labute approximate surface area is 110 Å². The fourth-order valence-corrected chi connectivity index (χ4v) is 4.06. The van der Waals surface area contributed by atoms with Crippen LogP contribution in [0.25, 0.3) is 0 Å². The number of thiophene rings is 1. The Kier molecular flexibility index (Phi) is 4.30. The predicted molar refractivity (Wildman–Crippen MR) is 70.6 cm³/mol. The van der Waals surface area contributed by atoms with Crippen molar-refractivity contribution in [3.63, 3.8) is 0 Å². The van der Waals surface area contributed by atoms with Crippen molar-refractivity contribution in [2.45, 2.75) is 24.1 Å². The number of rotatable bonds is 5. The summed E-state index contributed by atoms with van der Waals surface area (Å²) in [6, 6.07) is 0.874. The van der Waals surface area contributed by atoms with Gasteiger partial charge in [-0.05, 0) is 13.8 Å². The fourth-order valence-electron chi connectivity index (χ4n) is 1.22. The summed E-state index contributed by atoms with van der Waals surface area (Å²) in [4.78, 5) is 10.2. The molecule has 0 saturated heterocycles. The van der Waals surface area contributed by atoms with Crippen molar-refractivity contribution in [1.82, 2.24) is 4.31 Å². The van der Waals surface area contributed by atoms with Gasteiger partial charge in [0.05, 0.1) is 4.92 Å². The lowest BCUT2D eigenvalue weighted by Crippen LogP contribution is -2.32. The Morgan fingerprint density at radius 1 is 1.50 bits per heavy atom. The Bertz CT molecular complexity index is 550. The van der Waals surface area contributed by atoms with Crippen LogP contribution in [0.4, 0.5) is 10.7 Å². The van der Waals surface area contributed by atoms with Crippen LogP contribution in [-0.2, 0) is 10.0 Å². The van der Waals surface area contributed by atoms with Crippen molar-refractivity contribution in [2.75, 3.05) is 19.4 Å². The molecule has 0 unspecified atom stereocenters. The molecule has 0 spiro atoms. The van der Waals surface area contributed by atoms with E-state index in [4.69, 9.17) is 0 Å². The first-order valence-corrected chi connectivity index (χ1v) is 7.41. The van der Waals surface area contributed by atoms with E-state index in [0.717, 1.165) is 17.4 Å². The second-order valence-electron chi connectivity index (χ2n) is 3.90. The molecule has 0 aromatic carbocycles. The molecule has 0 atom stereocenters. The molecular formula is C9H15N3O4S2. The molecule has 7 nitrogen and oxygen atoms in total. The monoisotopic (exact) mass is 293 g/mol. The molecule has 9 heteroatoms. The van der Waals surface area contributed by atoms with Crippen molar-refractivity contribution in [2.24, 2.45) is 0 Å². The number of nitrogens with one attached hydrogen (secondary N) is 1. The van der Waals surface area contributed by atoms with E-state index in [2.05, 4.69) is 5.32 Å². The van der Waals surface area contributed by atoms with Gasteiger partial charge in [0, 0.05) is 26.2 Å². The number of hydrogen-bond acceptors (Lipinski definition) is 6. The van der Waals surface area contributed by atoms with Crippen LogP contribution in [0.2, 0.25) is 0 Å². The van der Waals surface area contributed by atoms with E-state index < -0.39 is 14.9 Å². The fraction of sp³-hybridized carbons (Fsp3) is 0.556. The Morgan fingerprint density at radius 2 is 2.06 bits per heavy atom. The first-order valence-electron chi connectivity index (χ1n) is 5.15. The van der Waals surface area contributed by atoms with E-state index in [1.54, 1.807) is 13.8 Å². The molecule has 0 radical (unpaired) electrons. The second-order valence-corrected chi connectivity index (χ2v) is 7.18. The predicted octanol–water partition coefficient (Wildman–Crippen LogP) is 1.73. The third kappa shape index (κ3) is 2.62. The third-order valence-electron chi connectivity index (χ3n) is 2.47. The van der Waals surface area contributed by atoms with E-state index in [9.17, 15) is 18.5 Å². The van der Waals surface area contributed by atoms with E-state index in [1.165, 1.54) is 18.4 Å². The second kappa shape index (κ2) is 5.21. The Balaban J connectivity index is 3.31. The van der Waals surface area contributed by atoms with Crippen molar-refractivity contribution >= 4 is 32.0 Å². The smallest absolute Gasteiger partial charge is 0.304 e. The SMILES string of the molecule is CNc1sc(S(=O)(=O)N(C)C(C)C)cc1[N+](=O)[O-]. The molecule has 1 N–H and O–H groups in total. The van der Waals surface area contributed by atoms with Gasteiger partial charge in [-0.1, -0.05) is 11.3 Å². The summed E-state index contributed by atoms with van der Waals surface area (Å²) in [6.45, 7) is 3.47. The summed E-state index contributed by atoms with van der Waals surface area (Å²) in [5.74, 6) is 0. The van der Waals surface area contributed by atoms with E-state index in [1.807, 2.05) is 0 Å². The zero-order valence-corrected chi connectivity index (χ0v) is 12.1. The lowest BCUT2D eigenvalue weighted by Gasteiger charge is -2.19. The van der Waals surface area contributed by atoms with Gasteiger partial charge in [0.2, 0.25) is 0 Å². The van der Waals surface area contributed by atoms with E-state index in [-0.39, 0.29) is 20.9 Å². The maximum absolute atomic E-state index is 12.2. The van der Waals surface area contributed by atoms with Gasteiger partial charge in [-0.15, -0.1) is 0 Å². The normalized spacial score (nSPS) is 12.1. The highest BCUT2D eigenvalue weighted by atomic mass is 32.2. The summed E-state index contributed by atoms with van der Waals surface area (Å²) in [7, 11) is -0.712. The molecule has 0 aliphatic heterocycles. The molecule has 1 aromatic rings. The molecule has 0 bridgehead atoms. The number of anilines is 1.